The first kappa shape index (κ1) is 18.1. The van der Waals surface area contributed by atoms with Crippen molar-refractivity contribution in [3.05, 3.63) is 58.1 Å². The van der Waals surface area contributed by atoms with Crippen molar-refractivity contribution in [1.29, 1.82) is 0 Å². The minimum Gasteiger partial charge on any atom is -0.465 e. The predicted octanol–water partition coefficient (Wildman–Crippen LogP) is 3.85. The zero-order chi connectivity index (χ0) is 17.7. The lowest BCUT2D eigenvalue weighted by atomic mass is 10.2. The molecule has 0 saturated heterocycles. The van der Waals surface area contributed by atoms with Crippen LogP contribution in [0.25, 0.3) is 0 Å². The molecule has 0 fully saturated rings. The molecular formula is C17H16Cl2N2O3. The molecule has 2 aromatic rings. The molecule has 0 radical (unpaired) electrons. The van der Waals surface area contributed by atoms with Crippen LogP contribution in [0.5, 0.6) is 0 Å². The summed E-state index contributed by atoms with van der Waals surface area (Å²) in [5, 5.41) is 3.58. The number of nitrogens with one attached hydrogen (secondary N) is 1. The van der Waals surface area contributed by atoms with Crippen molar-refractivity contribution in [2.24, 2.45) is 0 Å². The molecule has 0 aliphatic heterocycles. The van der Waals surface area contributed by atoms with Crippen LogP contribution in [0.3, 0.4) is 0 Å². The van der Waals surface area contributed by atoms with Crippen LogP contribution in [-0.4, -0.2) is 32.6 Å². The monoisotopic (exact) mass is 366 g/mol. The molecule has 0 spiro atoms. The highest BCUT2D eigenvalue weighted by atomic mass is 35.5. The van der Waals surface area contributed by atoms with Gasteiger partial charge >= 0.3 is 5.97 Å². The number of ether oxygens (including phenoxy) is 1. The van der Waals surface area contributed by atoms with Crippen molar-refractivity contribution in [2.45, 2.75) is 0 Å². The number of carbonyl (C=O) groups is 2. The number of hydrogen-bond donors (Lipinski definition) is 1. The van der Waals surface area contributed by atoms with E-state index in [-0.39, 0.29) is 12.5 Å². The summed E-state index contributed by atoms with van der Waals surface area (Å²) in [5.41, 5.74) is 1.45. The van der Waals surface area contributed by atoms with Crippen molar-refractivity contribution >= 4 is 46.5 Å². The first-order valence-corrected chi connectivity index (χ1v) is 7.81. The number of likely N-dealkylation sites (N-methyl/N-ethyl adjacent to an activating group) is 1. The highest BCUT2D eigenvalue weighted by Crippen LogP contribution is 2.26. The number of esters is 1. The van der Waals surface area contributed by atoms with E-state index in [1.807, 2.05) is 0 Å². The summed E-state index contributed by atoms with van der Waals surface area (Å²) in [6.07, 6.45) is 0. The summed E-state index contributed by atoms with van der Waals surface area (Å²) in [4.78, 5) is 25.7. The second kappa shape index (κ2) is 8.04. The van der Waals surface area contributed by atoms with Gasteiger partial charge in [-0.05, 0) is 30.3 Å². The van der Waals surface area contributed by atoms with Crippen molar-refractivity contribution in [1.82, 2.24) is 0 Å². The number of anilines is 2. The van der Waals surface area contributed by atoms with Crippen LogP contribution in [0.1, 0.15) is 10.4 Å². The number of hydrogen-bond acceptors (Lipinski definition) is 4. The molecule has 0 heterocycles. The van der Waals surface area contributed by atoms with Crippen LogP contribution in [0.2, 0.25) is 10.0 Å². The second-order valence-electron chi connectivity index (χ2n) is 5.04. The van der Waals surface area contributed by atoms with Gasteiger partial charge in [0.2, 0.25) is 5.91 Å². The molecular weight excluding hydrogens is 351 g/mol. The molecule has 7 heteroatoms. The maximum atomic E-state index is 12.2. The van der Waals surface area contributed by atoms with E-state index >= 15 is 0 Å². The number of amides is 1. The molecule has 24 heavy (non-hydrogen) atoms. The fraction of sp³-hybridized carbons (Fsp3) is 0.176. The van der Waals surface area contributed by atoms with Crippen molar-refractivity contribution in [3.63, 3.8) is 0 Å². The van der Waals surface area contributed by atoms with Gasteiger partial charge in [0.1, 0.15) is 0 Å². The van der Waals surface area contributed by atoms with E-state index in [1.54, 1.807) is 54.4 Å². The topological polar surface area (TPSA) is 58.6 Å². The van der Waals surface area contributed by atoms with Gasteiger partial charge in [0.05, 0.1) is 35.0 Å². The maximum Gasteiger partial charge on any atom is 0.339 e. The Bertz CT molecular complexity index is 765. The smallest absolute Gasteiger partial charge is 0.339 e. The van der Waals surface area contributed by atoms with E-state index in [0.29, 0.717) is 21.3 Å². The zero-order valence-corrected chi connectivity index (χ0v) is 14.7. The number of halogens is 2. The van der Waals surface area contributed by atoms with Crippen LogP contribution in [-0.2, 0) is 9.53 Å². The molecule has 0 unspecified atom stereocenters. The highest BCUT2D eigenvalue weighted by molar-refractivity contribution is 6.42. The molecule has 0 bridgehead atoms. The van der Waals surface area contributed by atoms with Crippen molar-refractivity contribution < 1.29 is 14.3 Å². The number of benzene rings is 2. The maximum absolute atomic E-state index is 12.2. The van der Waals surface area contributed by atoms with Gasteiger partial charge in [0.25, 0.3) is 0 Å². The van der Waals surface area contributed by atoms with Gasteiger partial charge in [-0.1, -0.05) is 35.3 Å². The lowest BCUT2D eigenvalue weighted by Gasteiger charge is -2.19. The Kier molecular flexibility index (Phi) is 6.06. The van der Waals surface area contributed by atoms with Crippen LogP contribution in [0.15, 0.2) is 42.5 Å². The van der Waals surface area contributed by atoms with E-state index in [2.05, 4.69) is 5.32 Å². The minimum absolute atomic E-state index is 0.0769. The lowest BCUT2D eigenvalue weighted by molar-refractivity contribution is -0.114. The Balaban J connectivity index is 2.08. The average Bonchev–Trinajstić information content (AvgIpc) is 2.57. The number of methoxy groups -OCH3 is 1. The predicted molar refractivity (Wildman–Crippen MR) is 96.1 cm³/mol. The molecule has 126 valence electrons. The molecule has 2 aromatic carbocycles. The largest absolute Gasteiger partial charge is 0.465 e. The Morgan fingerprint density at radius 1 is 1.12 bits per heavy atom. The van der Waals surface area contributed by atoms with Gasteiger partial charge in [-0.15, -0.1) is 0 Å². The summed E-state index contributed by atoms with van der Waals surface area (Å²) in [5.74, 6) is -0.788. The Hall–Kier alpha value is -2.24. The van der Waals surface area contributed by atoms with E-state index in [4.69, 9.17) is 27.9 Å². The normalized spacial score (nSPS) is 10.2. The molecule has 1 amide bonds. The number of rotatable bonds is 5. The fourth-order valence-electron chi connectivity index (χ4n) is 2.10. The molecule has 0 aromatic heterocycles. The summed E-state index contributed by atoms with van der Waals surface area (Å²) in [7, 11) is 3.05. The van der Waals surface area contributed by atoms with Gasteiger partial charge in [-0.3, -0.25) is 4.79 Å². The Labute approximate surface area is 150 Å². The van der Waals surface area contributed by atoms with Crippen molar-refractivity contribution in [2.75, 3.05) is 30.9 Å². The van der Waals surface area contributed by atoms with Gasteiger partial charge in [0, 0.05) is 12.7 Å². The van der Waals surface area contributed by atoms with Crippen LogP contribution >= 0.6 is 23.2 Å². The third-order valence-electron chi connectivity index (χ3n) is 3.33. The van der Waals surface area contributed by atoms with E-state index < -0.39 is 5.97 Å². The van der Waals surface area contributed by atoms with E-state index in [9.17, 15) is 9.59 Å². The van der Waals surface area contributed by atoms with Gasteiger partial charge in [-0.25, -0.2) is 4.79 Å². The van der Waals surface area contributed by atoms with Gasteiger partial charge in [-0.2, -0.15) is 0 Å². The number of carbonyl (C=O) groups excluding carboxylic acids is 2. The molecule has 0 aliphatic rings. The van der Waals surface area contributed by atoms with Crippen LogP contribution < -0.4 is 10.2 Å². The zero-order valence-electron chi connectivity index (χ0n) is 13.2. The average molecular weight is 367 g/mol. The third-order valence-corrected chi connectivity index (χ3v) is 4.07. The Morgan fingerprint density at radius 3 is 2.50 bits per heavy atom. The van der Waals surface area contributed by atoms with Gasteiger partial charge in [0.15, 0.2) is 0 Å². The molecule has 0 saturated carbocycles. The Morgan fingerprint density at radius 2 is 1.83 bits per heavy atom. The van der Waals surface area contributed by atoms with Crippen LogP contribution in [0, 0.1) is 0 Å². The third kappa shape index (κ3) is 4.40. The van der Waals surface area contributed by atoms with Gasteiger partial charge < -0.3 is 15.0 Å². The summed E-state index contributed by atoms with van der Waals surface area (Å²) < 4.78 is 4.71. The second-order valence-corrected chi connectivity index (χ2v) is 5.85. The lowest BCUT2D eigenvalue weighted by Crippen LogP contribution is -2.30. The molecule has 0 aliphatic carbocycles. The molecule has 5 nitrogen and oxygen atoms in total. The van der Waals surface area contributed by atoms with E-state index in [0.717, 1.165) is 5.69 Å². The van der Waals surface area contributed by atoms with Crippen LogP contribution in [0.4, 0.5) is 11.4 Å². The fourth-order valence-corrected chi connectivity index (χ4v) is 2.39. The SMILES string of the molecule is COC(=O)c1ccccc1NC(=O)CN(C)c1ccc(Cl)c(Cl)c1. The summed E-state index contributed by atoms with van der Waals surface area (Å²) in [6.45, 7) is 0.0769. The van der Waals surface area contributed by atoms with Crippen molar-refractivity contribution in [3.8, 4) is 0 Å². The number of nitrogens with zero attached hydrogens (tertiary/aromatic N) is 1. The first-order valence-electron chi connectivity index (χ1n) is 7.05. The first-order chi connectivity index (χ1) is 11.4. The van der Waals surface area contributed by atoms with E-state index in [1.165, 1.54) is 7.11 Å². The minimum atomic E-state index is -0.510. The molecule has 0 atom stereocenters. The molecule has 1 N–H and O–H groups in total. The standard InChI is InChI=1S/C17H16Cl2N2O3/c1-21(11-7-8-13(18)14(19)9-11)10-16(22)20-15-6-4-3-5-12(15)17(23)24-2/h3-9H,10H2,1-2H3,(H,20,22). The number of para-hydroxylation sites is 1. The summed E-state index contributed by atoms with van der Waals surface area (Å²) >= 11 is 11.9. The quantitative estimate of drug-likeness (QED) is 0.816. The molecule has 2 rings (SSSR count). The highest BCUT2D eigenvalue weighted by Gasteiger charge is 2.14. The summed E-state index contributed by atoms with van der Waals surface area (Å²) in [6, 6.07) is 11.8.